The van der Waals surface area contributed by atoms with Crippen molar-refractivity contribution in [3.05, 3.63) is 81.7 Å². The third-order valence-electron chi connectivity index (χ3n) is 4.76. The SMILES string of the molecule is Cc1ccc2c(COC(=O)[C@@H](CCS(C)(=O)=O)NC(=O)c3ccccc3)cc(=O)oc2c1. The molecule has 8 nitrogen and oxygen atoms in total. The van der Waals surface area contributed by atoms with Crippen molar-refractivity contribution in [1.82, 2.24) is 5.32 Å². The fourth-order valence-corrected chi connectivity index (χ4v) is 3.78. The van der Waals surface area contributed by atoms with Crippen LogP contribution in [0.5, 0.6) is 0 Å². The molecule has 0 fully saturated rings. The molecule has 1 N–H and O–H groups in total. The van der Waals surface area contributed by atoms with Crippen molar-refractivity contribution in [2.75, 3.05) is 12.0 Å². The van der Waals surface area contributed by atoms with Gasteiger partial charge in [-0.2, -0.15) is 0 Å². The van der Waals surface area contributed by atoms with Crippen molar-refractivity contribution in [2.24, 2.45) is 0 Å². The molecule has 0 spiro atoms. The van der Waals surface area contributed by atoms with E-state index < -0.39 is 33.4 Å². The summed E-state index contributed by atoms with van der Waals surface area (Å²) in [4.78, 5) is 37.1. The molecule has 1 heterocycles. The maximum absolute atomic E-state index is 12.7. The van der Waals surface area contributed by atoms with Crippen LogP contribution in [0.1, 0.15) is 27.9 Å². The van der Waals surface area contributed by atoms with E-state index in [9.17, 15) is 22.8 Å². The Morgan fingerprint density at radius 2 is 1.81 bits per heavy atom. The van der Waals surface area contributed by atoms with Crippen molar-refractivity contribution >= 4 is 32.7 Å². The number of esters is 1. The lowest BCUT2D eigenvalue weighted by molar-refractivity contribution is -0.147. The Balaban J connectivity index is 1.78. The van der Waals surface area contributed by atoms with Crippen LogP contribution in [0, 0.1) is 6.92 Å². The molecule has 0 aliphatic rings. The molecule has 2 aromatic carbocycles. The van der Waals surface area contributed by atoms with Gasteiger partial charge in [-0.3, -0.25) is 4.79 Å². The van der Waals surface area contributed by atoms with E-state index in [-0.39, 0.29) is 18.8 Å². The molecule has 3 rings (SSSR count). The molecule has 0 saturated heterocycles. The van der Waals surface area contributed by atoms with E-state index in [1.165, 1.54) is 6.07 Å². The summed E-state index contributed by atoms with van der Waals surface area (Å²) >= 11 is 0. The van der Waals surface area contributed by atoms with Crippen LogP contribution < -0.4 is 10.9 Å². The first-order valence-corrected chi connectivity index (χ1v) is 11.9. The Labute approximate surface area is 185 Å². The lowest BCUT2D eigenvalue weighted by atomic mass is 10.1. The molecule has 0 radical (unpaired) electrons. The number of hydrogen-bond acceptors (Lipinski definition) is 7. The maximum Gasteiger partial charge on any atom is 0.336 e. The third kappa shape index (κ3) is 6.27. The molecule has 9 heteroatoms. The number of sulfone groups is 1. The van der Waals surface area contributed by atoms with Gasteiger partial charge in [0, 0.05) is 28.8 Å². The summed E-state index contributed by atoms with van der Waals surface area (Å²) < 4.78 is 33.7. The maximum atomic E-state index is 12.7. The second-order valence-electron chi connectivity index (χ2n) is 7.51. The van der Waals surface area contributed by atoms with Crippen molar-refractivity contribution in [1.29, 1.82) is 0 Å². The topological polar surface area (TPSA) is 120 Å². The summed E-state index contributed by atoms with van der Waals surface area (Å²) in [6, 6.07) is 13.6. The fourth-order valence-electron chi connectivity index (χ4n) is 3.12. The Kier molecular flexibility index (Phi) is 7.09. The van der Waals surface area contributed by atoms with Gasteiger partial charge in [0.2, 0.25) is 0 Å². The summed E-state index contributed by atoms with van der Waals surface area (Å²) in [7, 11) is -3.37. The summed E-state index contributed by atoms with van der Waals surface area (Å²) in [6.07, 6.45) is 0.902. The average Bonchev–Trinajstić information content (AvgIpc) is 2.74. The van der Waals surface area contributed by atoms with E-state index in [2.05, 4.69) is 5.32 Å². The van der Waals surface area contributed by atoms with Crippen molar-refractivity contribution in [3.8, 4) is 0 Å². The zero-order valence-corrected chi connectivity index (χ0v) is 18.5. The minimum Gasteiger partial charge on any atom is -0.459 e. The summed E-state index contributed by atoms with van der Waals surface area (Å²) in [6.45, 7) is 1.62. The van der Waals surface area contributed by atoms with Crippen LogP contribution in [0.2, 0.25) is 0 Å². The molecule has 0 aliphatic heterocycles. The Hall–Kier alpha value is -3.46. The zero-order chi connectivity index (χ0) is 23.3. The minimum absolute atomic E-state index is 0.146. The second kappa shape index (κ2) is 9.78. The molecule has 3 aromatic rings. The second-order valence-corrected chi connectivity index (χ2v) is 9.77. The highest BCUT2D eigenvalue weighted by Gasteiger charge is 2.25. The number of hydrogen-bond donors (Lipinski definition) is 1. The van der Waals surface area contributed by atoms with Crippen LogP contribution in [-0.2, 0) is 26.0 Å². The number of rotatable bonds is 8. The number of benzene rings is 2. The summed E-state index contributed by atoms with van der Waals surface area (Å²) in [5.74, 6) is -1.63. The summed E-state index contributed by atoms with van der Waals surface area (Å²) in [5, 5.41) is 3.15. The Bertz CT molecular complexity index is 1300. The predicted octanol–water partition coefficient (Wildman–Crippen LogP) is 2.38. The molecular formula is C23H23NO7S. The summed E-state index contributed by atoms with van der Waals surface area (Å²) in [5.41, 5.74) is 1.46. The van der Waals surface area contributed by atoms with Gasteiger partial charge in [0.1, 0.15) is 28.1 Å². The van der Waals surface area contributed by atoms with E-state index >= 15 is 0 Å². The smallest absolute Gasteiger partial charge is 0.336 e. The molecule has 1 aromatic heterocycles. The normalized spacial score (nSPS) is 12.3. The molecule has 0 saturated carbocycles. The highest BCUT2D eigenvalue weighted by molar-refractivity contribution is 7.90. The molecular weight excluding hydrogens is 434 g/mol. The van der Waals surface area contributed by atoms with Crippen molar-refractivity contribution in [2.45, 2.75) is 26.0 Å². The fraction of sp³-hybridized carbons (Fsp3) is 0.261. The Morgan fingerprint density at radius 3 is 2.50 bits per heavy atom. The molecule has 0 aliphatic carbocycles. The van der Waals surface area contributed by atoms with Crippen molar-refractivity contribution in [3.63, 3.8) is 0 Å². The van der Waals surface area contributed by atoms with Crippen LogP contribution in [-0.4, -0.2) is 38.3 Å². The number of carbonyl (C=O) groups excluding carboxylic acids is 2. The van der Waals surface area contributed by atoms with Gasteiger partial charge in [0.25, 0.3) is 5.91 Å². The quantitative estimate of drug-likeness (QED) is 0.407. The average molecular weight is 458 g/mol. The number of aryl methyl sites for hydroxylation is 1. The first-order chi connectivity index (χ1) is 15.1. The zero-order valence-electron chi connectivity index (χ0n) is 17.7. The van der Waals surface area contributed by atoms with Gasteiger partial charge in [-0.25, -0.2) is 18.0 Å². The van der Waals surface area contributed by atoms with Gasteiger partial charge >= 0.3 is 11.6 Å². The molecule has 1 amide bonds. The lowest BCUT2D eigenvalue weighted by Gasteiger charge is -2.18. The highest BCUT2D eigenvalue weighted by Crippen LogP contribution is 2.19. The standard InChI is InChI=1S/C23H23NO7S/c1-15-8-9-18-17(13-21(25)31-20(18)12-15)14-30-23(27)19(10-11-32(2,28)29)24-22(26)16-6-4-3-5-7-16/h3-9,12-13,19H,10-11,14H2,1-2H3,(H,24,26)/t19-/m1/s1. The van der Waals surface area contributed by atoms with Crippen LogP contribution >= 0.6 is 0 Å². The molecule has 168 valence electrons. The van der Waals surface area contributed by atoms with Crippen LogP contribution in [0.15, 0.2) is 63.8 Å². The monoisotopic (exact) mass is 457 g/mol. The first-order valence-electron chi connectivity index (χ1n) is 9.86. The number of nitrogens with one attached hydrogen (secondary N) is 1. The molecule has 0 unspecified atom stereocenters. The molecule has 32 heavy (non-hydrogen) atoms. The van der Waals surface area contributed by atoms with Crippen molar-refractivity contribution < 1.29 is 27.2 Å². The van der Waals surface area contributed by atoms with Gasteiger partial charge in [-0.05, 0) is 37.1 Å². The van der Waals surface area contributed by atoms with E-state index in [0.717, 1.165) is 11.8 Å². The van der Waals surface area contributed by atoms with Gasteiger partial charge in [0.05, 0.1) is 5.75 Å². The number of amides is 1. The van der Waals surface area contributed by atoms with E-state index in [4.69, 9.17) is 9.15 Å². The van der Waals surface area contributed by atoms with Crippen LogP contribution in [0.4, 0.5) is 0 Å². The van der Waals surface area contributed by atoms with E-state index in [1.54, 1.807) is 42.5 Å². The van der Waals surface area contributed by atoms with Crippen LogP contribution in [0.25, 0.3) is 11.0 Å². The minimum atomic E-state index is -3.37. The van der Waals surface area contributed by atoms with E-state index in [1.807, 2.05) is 13.0 Å². The highest BCUT2D eigenvalue weighted by atomic mass is 32.2. The van der Waals surface area contributed by atoms with Gasteiger partial charge in [0.15, 0.2) is 0 Å². The van der Waals surface area contributed by atoms with Gasteiger partial charge in [-0.1, -0.05) is 30.3 Å². The molecule has 0 bridgehead atoms. The first kappa shape index (κ1) is 23.2. The number of carbonyl (C=O) groups is 2. The Morgan fingerprint density at radius 1 is 1.09 bits per heavy atom. The third-order valence-corrected chi connectivity index (χ3v) is 5.74. The predicted molar refractivity (Wildman–Crippen MR) is 119 cm³/mol. The van der Waals surface area contributed by atoms with Gasteiger partial charge < -0.3 is 14.5 Å². The van der Waals surface area contributed by atoms with Crippen LogP contribution in [0.3, 0.4) is 0 Å². The number of ether oxygens (including phenoxy) is 1. The van der Waals surface area contributed by atoms with Gasteiger partial charge in [-0.15, -0.1) is 0 Å². The lowest BCUT2D eigenvalue weighted by Crippen LogP contribution is -2.43. The molecule has 1 atom stereocenters. The number of fused-ring (bicyclic) bond motifs is 1. The largest absolute Gasteiger partial charge is 0.459 e. The van der Waals surface area contributed by atoms with E-state index in [0.29, 0.717) is 22.1 Å².